The summed E-state index contributed by atoms with van der Waals surface area (Å²) >= 11 is 0. The monoisotopic (exact) mass is 359 g/mol. The number of esters is 1. The average molecular weight is 359 g/mol. The molecule has 0 bridgehead atoms. The van der Waals surface area contributed by atoms with Crippen LogP contribution in [-0.2, 0) is 19.6 Å². The fraction of sp³-hybridized carbons (Fsp3) is 0.467. The zero-order chi connectivity index (χ0) is 18.3. The van der Waals surface area contributed by atoms with Crippen LogP contribution in [0.25, 0.3) is 0 Å². The number of aliphatic carboxylic acids is 1. The van der Waals surface area contributed by atoms with E-state index in [0.29, 0.717) is 6.42 Å². The number of carboxylic acid groups (broad SMARTS) is 1. The summed E-state index contributed by atoms with van der Waals surface area (Å²) < 4.78 is 36.5. The summed E-state index contributed by atoms with van der Waals surface area (Å²) in [5.74, 6) is -1.86. The summed E-state index contributed by atoms with van der Waals surface area (Å²) in [5.41, 5.74) is -0.0664. The lowest BCUT2D eigenvalue weighted by atomic mass is 10.1. The second-order valence-corrected chi connectivity index (χ2v) is 6.72. The Labute approximate surface area is 140 Å². The number of unbranched alkanes of at least 4 members (excludes halogenated alkanes) is 1. The first-order valence-corrected chi connectivity index (χ1v) is 8.76. The molecule has 0 aliphatic rings. The van der Waals surface area contributed by atoms with E-state index in [-0.39, 0.29) is 22.6 Å². The number of carbonyl (C=O) groups is 2. The highest BCUT2D eigenvalue weighted by atomic mass is 32.2. The highest BCUT2D eigenvalue weighted by molar-refractivity contribution is 7.89. The van der Waals surface area contributed by atoms with Crippen molar-refractivity contribution in [3.05, 3.63) is 23.8 Å². The van der Waals surface area contributed by atoms with Crippen molar-refractivity contribution in [2.45, 2.75) is 37.1 Å². The second kappa shape index (κ2) is 8.65. The first-order valence-electron chi connectivity index (χ1n) is 7.28. The van der Waals surface area contributed by atoms with Gasteiger partial charge in [-0.05, 0) is 24.6 Å². The zero-order valence-electron chi connectivity index (χ0n) is 13.7. The van der Waals surface area contributed by atoms with E-state index in [1.165, 1.54) is 19.2 Å². The molecule has 8 nitrogen and oxygen atoms in total. The minimum Gasteiger partial charge on any atom is -0.496 e. The number of hydrogen-bond acceptors (Lipinski definition) is 6. The van der Waals surface area contributed by atoms with Gasteiger partial charge in [0.1, 0.15) is 17.4 Å². The van der Waals surface area contributed by atoms with E-state index in [4.69, 9.17) is 9.84 Å². The van der Waals surface area contributed by atoms with Crippen LogP contribution < -0.4 is 9.46 Å². The van der Waals surface area contributed by atoms with Crippen LogP contribution in [0, 0.1) is 0 Å². The van der Waals surface area contributed by atoms with Crippen molar-refractivity contribution in [2.75, 3.05) is 14.2 Å². The number of methoxy groups -OCH3 is 2. The number of sulfonamides is 1. The van der Waals surface area contributed by atoms with E-state index >= 15 is 0 Å². The molecule has 0 aromatic heterocycles. The second-order valence-electron chi connectivity index (χ2n) is 5.01. The van der Waals surface area contributed by atoms with Gasteiger partial charge in [0.25, 0.3) is 0 Å². The number of rotatable bonds is 9. The van der Waals surface area contributed by atoms with Crippen LogP contribution in [0.3, 0.4) is 0 Å². The molecule has 0 spiro atoms. The van der Waals surface area contributed by atoms with Gasteiger partial charge < -0.3 is 14.6 Å². The van der Waals surface area contributed by atoms with Crippen LogP contribution in [0.1, 0.15) is 36.5 Å². The van der Waals surface area contributed by atoms with Crippen molar-refractivity contribution in [3.63, 3.8) is 0 Å². The molecule has 134 valence electrons. The van der Waals surface area contributed by atoms with Crippen LogP contribution in [0.4, 0.5) is 0 Å². The summed E-state index contributed by atoms with van der Waals surface area (Å²) in [6.45, 7) is 1.87. The molecule has 24 heavy (non-hydrogen) atoms. The van der Waals surface area contributed by atoms with Gasteiger partial charge in [-0.2, -0.15) is 4.72 Å². The Morgan fingerprint density at radius 1 is 1.29 bits per heavy atom. The van der Waals surface area contributed by atoms with Crippen LogP contribution in [0.5, 0.6) is 5.75 Å². The van der Waals surface area contributed by atoms with Gasteiger partial charge in [-0.25, -0.2) is 13.2 Å². The molecule has 0 saturated carbocycles. The number of nitrogens with one attached hydrogen (secondary N) is 1. The predicted octanol–water partition coefficient (Wildman–Crippen LogP) is 1.40. The largest absolute Gasteiger partial charge is 0.496 e. The van der Waals surface area contributed by atoms with E-state index in [2.05, 4.69) is 9.46 Å². The highest BCUT2D eigenvalue weighted by Gasteiger charge is 2.26. The van der Waals surface area contributed by atoms with Gasteiger partial charge in [-0.3, -0.25) is 4.79 Å². The maximum Gasteiger partial charge on any atom is 0.341 e. The smallest absolute Gasteiger partial charge is 0.341 e. The summed E-state index contributed by atoms with van der Waals surface area (Å²) in [7, 11) is -1.63. The van der Waals surface area contributed by atoms with Gasteiger partial charge in [0.15, 0.2) is 0 Å². The van der Waals surface area contributed by atoms with E-state index in [0.717, 1.165) is 19.6 Å². The first-order chi connectivity index (χ1) is 11.3. The molecule has 0 aliphatic carbocycles. The molecule has 1 aromatic rings. The van der Waals surface area contributed by atoms with Gasteiger partial charge in [-0.1, -0.05) is 19.8 Å². The molecular formula is C15H21NO7S. The van der Waals surface area contributed by atoms with Crippen molar-refractivity contribution >= 4 is 22.0 Å². The molecule has 0 fully saturated rings. The number of carboxylic acids is 1. The minimum atomic E-state index is -4.12. The van der Waals surface area contributed by atoms with E-state index in [1.54, 1.807) is 0 Å². The number of hydrogen-bond donors (Lipinski definition) is 2. The fourth-order valence-electron chi connectivity index (χ4n) is 2.02. The van der Waals surface area contributed by atoms with Gasteiger partial charge in [0, 0.05) is 0 Å². The number of benzene rings is 1. The lowest BCUT2D eigenvalue weighted by molar-refractivity contribution is -0.139. The lowest BCUT2D eigenvalue weighted by Gasteiger charge is -2.15. The Bertz CT molecular complexity index is 700. The van der Waals surface area contributed by atoms with E-state index < -0.39 is 28.0 Å². The molecular weight excluding hydrogens is 338 g/mol. The van der Waals surface area contributed by atoms with Crippen LogP contribution >= 0.6 is 0 Å². The van der Waals surface area contributed by atoms with Crippen LogP contribution in [-0.4, -0.2) is 45.7 Å². The third kappa shape index (κ3) is 4.93. The van der Waals surface area contributed by atoms with Gasteiger partial charge in [0.05, 0.1) is 19.1 Å². The topological polar surface area (TPSA) is 119 Å². The lowest BCUT2D eigenvalue weighted by Crippen LogP contribution is -2.40. The molecule has 9 heteroatoms. The van der Waals surface area contributed by atoms with Crippen LogP contribution in [0.15, 0.2) is 23.1 Å². The van der Waals surface area contributed by atoms with Crippen molar-refractivity contribution < 1.29 is 32.6 Å². The van der Waals surface area contributed by atoms with Gasteiger partial charge in [0.2, 0.25) is 10.0 Å². The molecule has 0 saturated heterocycles. The Hall–Kier alpha value is -2.13. The molecule has 1 rings (SSSR count). The molecule has 2 N–H and O–H groups in total. The highest BCUT2D eigenvalue weighted by Crippen LogP contribution is 2.23. The summed E-state index contributed by atoms with van der Waals surface area (Å²) in [6, 6.07) is 2.39. The first kappa shape index (κ1) is 19.9. The molecule has 1 aromatic carbocycles. The number of ether oxygens (including phenoxy) is 2. The Kier molecular flexibility index (Phi) is 7.18. The maximum atomic E-state index is 12.4. The predicted molar refractivity (Wildman–Crippen MR) is 85.6 cm³/mol. The van der Waals surface area contributed by atoms with E-state index in [1.807, 2.05) is 6.92 Å². The number of carbonyl (C=O) groups excluding carboxylic acids is 1. The SMILES string of the molecule is CCCCC(NS(=O)(=O)c1ccc(OC)c(C(=O)OC)c1)C(=O)O. The summed E-state index contributed by atoms with van der Waals surface area (Å²) in [6.07, 6.45) is 1.47. The van der Waals surface area contributed by atoms with E-state index in [9.17, 15) is 18.0 Å². The minimum absolute atomic E-state index is 0.0664. The molecule has 0 radical (unpaired) electrons. The van der Waals surface area contributed by atoms with Crippen molar-refractivity contribution in [1.29, 1.82) is 0 Å². The third-order valence-electron chi connectivity index (χ3n) is 3.33. The van der Waals surface area contributed by atoms with Crippen molar-refractivity contribution in [2.24, 2.45) is 0 Å². The standard InChI is InChI=1S/C15H21NO7S/c1-4-5-6-12(14(17)18)16-24(20,21)10-7-8-13(22-2)11(9-10)15(19)23-3/h7-9,12,16H,4-6H2,1-3H3,(H,17,18). The van der Waals surface area contributed by atoms with Crippen molar-refractivity contribution in [1.82, 2.24) is 4.72 Å². The van der Waals surface area contributed by atoms with Gasteiger partial charge >= 0.3 is 11.9 Å². The fourth-order valence-corrected chi connectivity index (χ4v) is 3.27. The quantitative estimate of drug-likeness (QED) is 0.640. The maximum absolute atomic E-state index is 12.4. The molecule has 1 atom stereocenters. The molecule has 0 aliphatic heterocycles. The Morgan fingerprint density at radius 3 is 2.46 bits per heavy atom. The summed E-state index contributed by atoms with van der Waals surface area (Å²) in [5, 5.41) is 9.15. The van der Waals surface area contributed by atoms with Crippen LogP contribution in [0.2, 0.25) is 0 Å². The van der Waals surface area contributed by atoms with Crippen molar-refractivity contribution in [3.8, 4) is 5.75 Å². The molecule has 1 unspecified atom stereocenters. The third-order valence-corrected chi connectivity index (χ3v) is 4.80. The summed E-state index contributed by atoms with van der Waals surface area (Å²) in [4.78, 5) is 22.7. The molecule has 0 heterocycles. The normalized spacial score (nSPS) is 12.5. The zero-order valence-corrected chi connectivity index (χ0v) is 14.6. The van der Waals surface area contributed by atoms with Gasteiger partial charge in [-0.15, -0.1) is 0 Å². The Balaban J connectivity index is 3.18. The molecule has 0 amide bonds. The average Bonchev–Trinajstić information content (AvgIpc) is 2.56. The Morgan fingerprint density at radius 2 is 1.96 bits per heavy atom.